The minimum absolute atomic E-state index is 0.0172. The molecule has 0 heterocycles. The molecule has 0 atom stereocenters. The zero-order valence-corrected chi connectivity index (χ0v) is 9.70. The summed E-state index contributed by atoms with van der Waals surface area (Å²) in [6.45, 7) is 2.34. The van der Waals surface area contributed by atoms with Gasteiger partial charge >= 0.3 is 0 Å². The van der Waals surface area contributed by atoms with Crippen LogP contribution in [0.1, 0.15) is 12.5 Å². The molecule has 0 saturated heterocycles. The molecule has 0 aromatic heterocycles. The molecule has 1 aromatic rings. The Labute approximate surface area is 99.2 Å². The lowest BCUT2D eigenvalue weighted by atomic mass is 10.2. The topological polar surface area (TPSA) is 50.7 Å². The van der Waals surface area contributed by atoms with Gasteiger partial charge in [0.2, 0.25) is 0 Å². The largest absolute Gasteiger partial charge is 0.372 e. The molecule has 5 heteroatoms. The van der Waals surface area contributed by atoms with Crippen molar-refractivity contribution >= 4 is 23.7 Å². The fourth-order valence-corrected chi connectivity index (χ4v) is 1.19. The predicted octanol–water partition coefficient (Wildman–Crippen LogP) is 1.83. The number of halogens is 1. The molecule has 0 spiro atoms. The van der Waals surface area contributed by atoms with E-state index in [1.54, 1.807) is 12.1 Å². The van der Waals surface area contributed by atoms with Gasteiger partial charge in [-0.05, 0) is 24.6 Å². The standard InChI is InChI=1S/C11H13ClN2O2/c1-2-16-8-11(15)14-13-7-9-4-3-5-10(12)6-9/h3-7H,2,8H2,1H3,(H,14,15)/b13-7+. The van der Waals surface area contributed by atoms with Crippen LogP contribution in [0.3, 0.4) is 0 Å². The van der Waals surface area contributed by atoms with Crippen molar-refractivity contribution in [3.05, 3.63) is 34.9 Å². The molecule has 1 rings (SSSR count). The Morgan fingerprint density at radius 1 is 1.62 bits per heavy atom. The summed E-state index contributed by atoms with van der Waals surface area (Å²) < 4.78 is 4.91. The van der Waals surface area contributed by atoms with Crippen LogP contribution in [0.2, 0.25) is 5.02 Å². The summed E-state index contributed by atoms with van der Waals surface area (Å²) in [4.78, 5) is 11.1. The second-order valence-electron chi connectivity index (χ2n) is 2.99. The SMILES string of the molecule is CCOCC(=O)N/N=C/c1cccc(Cl)c1. The molecule has 0 aliphatic rings. The molecule has 86 valence electrons. The molecule has 0 bridgehead atoms. The third-order valence-corrected chi connectivity index (χ3v) is 1.92. The first-order valence-corrected chi connectivity index (χ1v) is 5.25. The number of hydrogen-bond donors (Lipinski definition) is 1. The number of carbonyl (C=O) groups excluding carboxylic acids is 1. The summed E-state index contributed by atoms with van der Waals surface area (Å²) in [6.07, 6.45) is 1.52. The summed E-state index contributed by atoms with van der Waals surface area (Å²) in [5, 5.41) is 4.40. The van der Waals surface area contributed by atoms with Crippen molar-refractivity contribution in [1.29, 1.82) is 0 Å². The normalized spacial score (nSPS) is 10.6. The molecule has 0 aliphatic carbocycles. The summed E-state index contributed by atoms with van der Waals surface area (Å²) in [6, 6.07) is 7.17. The van der Waals surface area contributed by atoms with Crippen LogP contribution in [-0.2, 0) is 9.53 Å². The number of carbonyl (C=O) groups is 1. The monoisotopic (exact) mass is 240 g/mol. The van der Waals surface area contributed by atoms with Gasteiger partial charge in [-0.25, -0.2) is 5.43 Å². The van der Waals surface area contributed by atoms with Crippen molar-refractivity contribution < 1.29 is 9.53 Å². The highest BCUT2D eigenvalue weighted by Crippen LogP contribution is 2.08. The molecule has 16 heavy (non-hydrogen) atoms. The molecular formula is C11H13ClN2O2. The van der Waals surface area contributed by atoms with Crippen LogP contribution >= 0.6 is 11.6 Å². The molecule has 0 fully saturated rings. The second kappa shape index (κ2) is 6.98. The van der Waals surface area contributed by atoms with Gasteiger partial charge in [0.05, 0.1) is 6.21 Å². The Bertz CT molecular complexity index is 380. The fourth-order valence-electron chi connectivity index (χ4n) is 0.993. The first-order chi connectivity index (χ1) is 7.72. The van der Waals surface area contributed by atoms with Crippen LogP contribution in [0.15, 0.2) is 29.4 Å². The lowest BCUT2D eigenvalue weighted by Gasteiger charge is -1.99. The summed E-state index contributed by atoms with van der Waals surface area (Å²) in [5.74, 6) is -0.278. The van der Waals surface area contributed by atoms with Crippen LogP contribution < -0.4 is 5.43 Å². The molecular weight excluding hydrogens is 228 g/mol. The van der Waals surface area contributed by atoms with Gasteiger partial charge in [0.25, 0.3) is 5.91 Å². The van der Waals surface area contributed by atoms with Gasteiger partial charge in [0.1, 0.15) is 6.61 Å². The molecule has 0 unspecified atom stereocenters. The summed E-state index contributed by atoms with van der Waals surface area (Å²) in [7, 11) is 0. The van der Waals surface area contributed by atoms with Crippen LogP contribution in [-0.4, -0.2) is 25.3 Å². The first-order valence-electron chi connectivity index (χ1n) is 4.87. The van der Waals surface area contributed by atoms with E-state index < -0.39 is 0 Å². The Balaban J connectivity index is 2.40. The number of nitrogens with one attached hydrogen (secondary N) is 1. The Morgan fingerprint density at radius 3 is 3.12 bits per heavy atom. The maximum atomic E-state index is 11.1. The number of hydrogen-bond acceptors (Lipinski definition) is 3. The Morgan fingerprint density at radius 2 is 2.44 bits per heavy atom. The molecule has 0 radical (unpaired) electrons. The van der Waals surface area contributed by atoms with Crippen molar-refractivity contribution in [3.63, 3.8) is 0 Å². The minimum Gasteiger partial charge on any atom is -0.372 e. The van der Waals surface area contributed by atoms with E-state index in [2.05, 4.69) is 10.5 Å². The van der Waals surface area contributed by atoms with E-state index in [4.69, 9.17) is 16.3 Å². The van der Waals surface area contributed by atoms with Gasteiger partial charge in [-0.15, -0.1) is 0 Å². The maximum absolute atomic E-state index is 11.1. The third-order valence-electron chi connectivity index (χ3n) is 1.69. The number of amides is 1. The molecule has 1 N–H and O–H groups in total. The highest BCUT2D eigenvalue weighted by Gasteiger charge is 1.97. The lowest BCUT2D eigenvalue weighted by Crippen LogP contribution is -2.22. The molecule has 0 aliphatic heterocycles. The van der Waals surface area contributed by atoms with E-state index in [0.29, 0.717) is 11.6 Å². The smallest absolute Gasteiger partial charge is 0.266 e. The Hall–Kier alpha value is -1.39. The number of nitrogens with zero attached hydrogens (tertiary/aromatic N) is 1. The van der Waals surface area contributed by atoms with E-state index in [0.717, 1.165) is 5.56 Å². The van der Waals surface area contributed by atoms with Crippen molar-refractivity contribution in [2.45, 2.75) is 6.92 Å². The van der Waals surface area contributed by atoms with E-state index in [1.807, 2.05) is 19.1 Å². The second-order valence-corrected chi connectivity index (χ2v) is 3.42. The highest BCUT2D eigenvalue weighted by molar-refractivity contribution is 6.30. The maximum Gasteiger partial charge on any atom is 0.266 e. The Kier molecular flexibility index (Phi) is 5.53. The first kappa shape index (κ1) is 12.7. The molecule has 0 saturated carbocycles. The predicted molar refractivity (Wildman–Crippen MR) is 63.7 cm³/mol. The van der Waals surface area contributed by atoms with E-state index >= 15 is 0 Å². The lowest BCUT2D eigenvalue weighted by molar-refractivity contribution is -0.125. The van der Waals surface area contributed by atoms with Crippen LogP contribution in [0.4, 0.5) is 0 Å². The van der Waals surface area contributed by atoms with Gasteiger partial charge in [0.15, 0.2) is 0 Å². The number of ether oxygens (including phenoxy) is 1. The van der Waals surface area contributed by atoms with Gasteiger partial charge in [-0.3, -0.25) is 4.79 Å². The fraction of sp³-hybridized carbons (Fsp3) is 0.273. The van der Waals surface area contributed by atoms with Crippen molar-refractivity contribution in [3.8, 4) is 0 Å². The van der Waals surface area contributed by atoms with Gasteiger partial charge in [0, 0.05) is 11.6 Å². The average Bonchev–Trinajstić information content (AvgIpc) is 2.26. The van der Waals surface area contributed by atoms with E-state index in [-0.39, 0.29) is 12.5 Å². The van der Waals surface area contributed by atoms with Crippen molar-refractivity contribution in [2.75, 3.05) is 13.2 Å². The van der Waals surface area contributed by atoms with Gasteiger partial charge in [-0.1, -0.05) is 23.7 Å². The molecule has 4 nitrogen and oxygen atoms in total. The summed E-state index contributed by atoms with van der Waals surface area (Å²) >= 11 is 5.79. The average molecular weight is 241 g/mol. The van der Waals surface area contributed by atoms with Crippen LogP contribution in [0.5, 0.6) is 0 Å². The quantitative estimate of drug-likeness (QED) is 0.631. The van der Waals surface area contributed by atoms with Gasteiger partial charge < -0.3 is 4.74 Å². The van der Waals surface area contributed by atoms with Crippen LogP contribution in [0, 0.1) is 0 Å². The zero-order valence-electron chi connectivity index (χ0n) is 8.94. The van der Waals surface area contributed by atoms with Gasteiger partial charge in [-0.2, -0.15) is 5.10 Å². The summed E-state index contributed by atoms with van der Waals surface area (Å²) in [5.41, 5.74) is 3.17. The molecule has 1 aromatic carbocycles. The zero-order chi connectivity index (χ0) is 11.8. The highest BCUT2D eigenvalue weighted by atomic mass is 35.5. The number of hydrazone groups is 1. The minimum atomic E-state index is -0.278. The van der Waals surface area contributed by atoms with Crippen molar-refractivity contribution in [2.24, 2.45) is 5.10 Å². The van der Waals surface area contributed by atoms with Crippen LogP contribution in [0.25, 0.3) is 0 Å². The van der Waals surface area contributed by atoms with Crippen molar-refractivity contribution in [1.82, 2.24) is 5.43 Å². The number of benzene rings is 1. The van der Waals surface area contributed by atoms with E-state index in [1.165, 1.54) is 6.21 Å². The third kappa shape index (κ3) is 4.91. The molecule has 1 amide bonds. The number of rotatable bonds is 5. The van der Waals surface area contributed by atoms with E-state index in [9.17, 15) is 4.79 Å².